The van der Waals surface area contributed by atoms with Crippen LogP contribution in [0.4, 0.5) is 5.69 Å². The molecule has 2 aromatic rings. The van der Waals surface area contributed by atoms with Crippen LogP contribution in [0, 0.1) is 10.1 Å². The van der Waals surface area contributed by atoms with E-state index < -0.39 is 10.9 Å². The summed E-state index contributed by atoms with van der Waals surface area (Å²) in [6.45, 7) is 0. The fraction of sp³-hybridized carbons (Fsp3) is 0. The normalized spacial score (nSPS) is 10.6. The molecule has 0 atom stereocenters. The third kappa shape index (κ3) is 1.49. The van der Waals surface area contributed by atoms with Gasteiger partial charge in [-0.2, -0.15) is 0 Å². The molecule has 0 saturated heterocycles. The largest absolute Gasteiger partial charge is 0.475 e. The number of carboxylic acids is 1. The first-order valence-electron chi connectivity index (χ1n) is 4.10. The number of hydrogen-bond donors (Lipinski definition) is 1. The summed E-state index contributed by atoms with van der Waals surface area (Å²) in [7, 11) is 0. The van der Waals surface area contributed by atoms with Crippen LogP contribution in [0.25, 0.3) is 11.0 Å². The number of carbonyl (C=O) groups is 1. The maximum atomic E-state index is 10.6. The summed E-state index contributed by atoms with van der Waals surface area (Å²) in [6.07, 6.45) is 0. The second-order valence-electron chi connectivity index (χ2n) is 2.98. The minimum atomic E-state index is -1.25. The number of fused-ring (bicyclic) bond motifs is 1. The Morgan fingerprint density at radius 3 is 2.75 bits per heavy atom. The third-order valence-corrected chi connectivity index (χ3v) is 2.42. The van der Waals surface area contributed by atoms with Crippen molar-refractivity contribution in [3.8, 4) is 0 Å². The van der Waals surface area contributed by atoms with Crippen molar-refractivity contribution in [2.45, 2.75) is 0 Å². The standard InChI is InChI=1S/C9H4ClNO5/c10-8-4-3-7(9(12)13)16-6(4)2-1-5(8)11(14)15/h1-3H,(H,12,13). The topological polar surface area (TPSA) is 93.6 Å². The summed E-state index contributed by atoms with van der Waals surface area (Å²) >= 11 is 5.76. The molecular formula is C9H4ClNO5. The average molecular weight is 242 g/mol. The molecule has 0 fully saturated rings. The molecule has 1 heterocycles. The number of benzene rings is 1. The van der Waals surface area contributed by atoms with Gasteiger partial charge in [-0.05, 0) is 6.07 Å². The van der Waals surface area contributed by atoms with Gasteiger partial charge in [0.1, 0.15) is 10.6 Å². The summed E-state index contributed by atoms with van der Waals surface area (Å²) in [5.41, 5.74) is -0.0834. The summed E-state index contributed by atoms with van der Waals surface area (Å²) in [5.74, 6) is -1.56. The highest BCUT2D eigenvalue weighted by Gasteiger charge is 2.19. The van der Waals surface area contributed by atoms with Gasteiger partial charge >= 0.3 is 5.97 Å². The molecule has 0 aliphatic heterocycles. The predicted octanol–water partition coefficient (Wildman–Crippen LogP) is 2.69. The lowest BCUT2D eigenvalue weighted by atomic mass is 10.2. The van der Waals surface area contributed by atoms with Crippen molar-refractivity contribution in [3.63, 3.8) is 0 Å². The van der Waals surface area contributed by atoms with E-state index in [-0.39, 0.29) is 27.4 Å². The van der Waals surface area contributed by atoms with Gasteiger partial charge in [0.05, 0.1) is 4.92 Å². The number of rotatable bonds is 2. The Hall–Kier alpha value is -2.08. The highest BCUT2D eigenvalue weighted by molar-refractivity contribution is 6.37. The van der Waals surface area contributed by atoms with E-state index in [1.165, 1.54) is 12.1 Å². The minimum Gasteiger partial charge on any atom is -0.475 e. The molecule has 0 radical (unpaired) electrons. The van der Waals surface area contributed by atoms with Crippen molar-refractivity contribution in [3.05, 3.63) is 39.1 Å². The zero-order valence-electron chi connectivity index (χ0n) is 7.64. The number of hydrogen-bond acceptors (Lipinski definition) is 4. The number of furan rings is 1. The van der Waals surface area contributed by atoms with Crippen LogP contribution in [-0.4, -0.2) is 16.0 Å². The lowest BCUT2D eigenvalue weighted by Crippen LogP contribution is -1.91. The first-order valence-corrected chi connectivity index (χ1v) is 4.48. The number of nitro groups is 1. The quantitative estimate of drug-likeness (QED) is 0.644. The Labute approximate surface area is 93.2 Å². The van der Waals surface area contributed by atoms with Gasteiger partial charge in [0.15, 0.2) is 0 Å². The zero-order valence-corrected chi connectivity index (χ0v) is 8.39. The fourth-order valence-electron chi connectivity index (χ4n) is 1.31. The smallest absolute Gasteiger partial charge is 0.371 e. The number of carboxylic acid groups (broad SMARTS) is 1. The predicted molar refractivity (Wildman–Crippen MR) is 54.8 cm³/mol. The van der Waals surface area contributed by atoms with Crippen molar-refractivity contribution in [1.29, 1.82) is 0 Å². The van der Waals surface area contributed by atoms with Crippen LogP contribution < -0.4 is 0 Å². The molecule has 0 saturated carbocycles. The van der Waals surface area contributed by atoms with E-state index in [1.807, 2.05) is 0 Å². The Morgan fingerprint density at radius 2 is 2.19 bits per heavy atom. The van der Waals surface area contributed by atoms with E-state index in [1.54, 1.807) is 0 Å². The van der Waals surface area contributed by atoms with Gasteiger partial charge < -0.3 is 9.52 Å². The van der Waals surface area contributed by atoms with Gasteiger partial charge in [0.25, 0.3) is 5.69 Å². The number of nitrogens with zero attached hydrogens (tertiary/aromatic N) is 1. The van der Waals surface area contributed by atoms with Crippen LogP contribution in [-0.2, 0) is 0 Å². The molecule has 0 aliphatic rings. The average Bonchev–Trinajstić information content (AvgIpc) is 2.62. The number of aromatic carboxylic acids is 1. The number of nitro benzene ring substituents is 1. The lowest BCUT2D eigenvalue weighted by molar-refractivity contribution is -0.384. The van der Waals surface area contributed by atoms with Crippen molar-refractivity contribution in [2.75, 3.05) is 0 Å². The third-order valence-electron chi connectivity index (χ3n) is 2.02. The monoisotopic (exact) mass is 241 g/mol. The van der Waals surface area contributed by atoms with Gasteiger partial charge in [0, 0.05) is 17.5 Å². The maximum absolute atomic E-state index is 10.6. The van der Waals surface area contributed by atoms with E-state index in [0.717, 1.165) is 6.07 Å². The van der Waals surface area contributed by atoms with Gasteiger partial charge in [-0.15, -0.1) is 0 Å². The Kier molecular flexibility index (Phi) is 2.28. The van der Waals surface area contributed by atoms with Gasteiger partial charge in [0.2, 0.25) is 5.76 Å². The molecule has 0 unspecified atom stereocenters. The van der Waals surface area contributed by atoms with Crippen LogP contribution >= 0.6 is 11.6 Å². The molecule has 0 aliphatic carbocycles. The maximum Gasteiger partial charge on any atom is 0.371 e. The molecule has 82 valence electrons. The van der Waals surface area contributed by atoms with Crippen LogP contribution in [0.15, 0.2) is 22.6 Å². The van der Waals surface area contributed by atoms with Gasteiger partial charge in [-0.1, -0.05) is 11.6 Å². The van der Waals surface area contributed by atoms with Crippen molar-refractivity contribution >= 4 is 34.2 Å². The van der Waals surface area contributed by atoms with Gasteiger partial charge in [-0.25, -0.2) is 4.79 Å². The first-order chi connectivity index (χ1) is 7.50. The zero-order chi connectivity index (χ0) is 11.9. The molecular weight excluding hydrogens is 238 g/mol. The highest BCUT2D eigenvalue weighted by Crippen LogP contribution is 2.34. The fourth-order valence-corrected chi connectivity index (χ4v) is 1.59. The Bertz CT molecular complexity index is 603. The molecule has 0 amide bonds. The Morgan fingerprint density at radius 1 is 1.50 bits per heavy atom. The van der Waals surface area contributed by atoms with Crippen molar-refractivity contribution in [1.82, 2.24) is 0 Å². The van der Waals surface area contributed by atoms with Crippen LogP contribution in [0.3, 0.4) is 0 Å². The summed E-state index contributed by atoms with van der Waals surface area (Å²) in [6, 6.07) is 3.64. The highest BCUT2D eigenvalue weighted by atomic mass is 35.5. The van der Waals surface area contributed by atoms with E-state index in [2.05, 4.69) is 0 Å². The molecule has 1 aromatic heterocycles. The molecule has 0 bridgehead atoms. The summed E-state index contributed by atoms with van der Waals surface area (Å²) < 4.78 is 4.94. The second kappa shape index (κ2) is 3.49. The SMILES string of the molecule is O=C(O)c1cc2c(Cl)c([N+](=O)[O-])ccc2o1. The van der Waals surface area contributed by atoms with E-state index in [9.17, 15) is 14.9 Å². The molecule has 1 aromatic carbocycles. The van der Waals surface area contributed by atoms with Crippen molar-refractivity contribution in [2.24, 2.45) is 0 Å². The van der Waals surface area contributed by atoms with Crippen LogP contribution in [0.5, 0.6) is 0 Å². The first kappa shape index (κ1) is 10.4. The Balaban J connectivity index is 2.74. The lowest BCUT2D eigenvalue weighted by Gasteiger charge is -1.94. The van der Waals surface area contributed by atoms with Gasteiger partial charge in [-0.3, -0.25) is 10.1 Å². The number of halogens is 1. The van der Waals surface area contributed by atoms with E-state index >= 15 is 0 Å². The van der Waals surface area contributed by atoms with Crippen LogP contribution in [0.2, 0.25) is 5.02 Å². The summed E-state index contributed by atoms with van der Waals surface area (Å²) in [4.78, 5) is 20.6. The van der Waals surface area contributed by atoms with E-state index in [0.29, 0.717) is 0 Å². The molecule has 16 heavy (non-hydrogen) atoms. The molecule has 1 N–H and O–H groups in total. The second-order valence-corrected chi connectivity index (χ2v) is 3.36. The minimum absolute atomic E-state index is 0.126. The summed E-state index contributed by atoms with van der Waals surface area (Å²) in [5, 5.41) is 19.4. The van der Waals surface area contributed by atoms with E-state index in [4.69, 9.17) is 21.1 Å². The molecule has 0 spiro atoms. The molecule has 6 nitrogen and oxygen atoms in total. The van der Waals surface area contributed by atoms with Crippen molar-refractivity contribution < 1.29 is 19.2 Å². The molecule has 2 rings (SSSR count). The van der Waals surface area contributed by atoms with Crippen LogP contribution in [0.1, 0.15) is 10.6 Å². The molecule has 7 heteroatoms.